The first-order chi connectivity index (χ1) is 61.9. The highest BCUT2D eigenvalue weighted by atomic mass is 35.5. The van der Waals surface area contributed by atoms with Gasteiger partial charge in [-0.05, 0) is 146 Å². The number of benzene rings is 7. The third kappa shape index (κ3) is 22.2. The maximum Gasteiger partial charge on any atom is 0.573 e. The topological polar surface area (TPSA) is 623 Å². The molecule has 3 saturated heterocycles. The van der Waals surface area contributed by atoms with Crippen LogP contribution in [-0.4, -0.2) is 245 Å². The molecule has 7 aromatic rings. The summed E-state index contributed by atoms with van der Waals surface area (Å²) in [6.07, 6.45) is -37.2. The zero-order valence-corrected chi connectivity index (χ0v) is 71.5. The zero-order valence-electron chi connectivity index (χ0n) is 70.0. The summed E-state index contributed by atoms with van der Waals surface area (Å²) in [6, 6.07) is 12.0. The molecule has 704 valence electrons. The number of ether oxygens (including phenoxy) is 9. The van der Waals surface area contributed by atoms with Gasteiger partial charge >= 0.3 is 6.36 Å². The number of primary amides is 1. The van der Waals surface area contributed by atoms with Gasteiger partial charge in [0.25, 0.3) is 5.91 Å². The minimum Gasteiger partial charge on any atom is -0.508 e. The van der Waals surface area contributed by atoms with Crippen LogP contribution in [0.5, 0.6) is 51.7 Å². The van der Waals surface area contributed by atoms with Gasteiger partial charge in [0.2, 0.25) is 53.4 Å². The van der Waals surface area contributed by atoms with Crippen molar-refractivity contribution in [3.8, 4) is 62.9 Å². The molecule has 8 aliphatic heterocycles. The van der Waals surface area contributed by atoms with Gasteiger partial charge in [-0.3, -0.25) is 38.4 Å². The number of amides is 8. The standard InChI is InChI=1S/C86H96Cl2F3N11O29/c1-33(2)18-48(94-5)77(117)100-63-65(108)37-13-16-52(46(87)22-37)124-54-24-40-25-55(72(54)129-84-70(113)68(111)73(57(32-103)127-84)130-83-69(112)67(110)66(109)56(126-83)31-95-30-35-8-6-10-41(19-35)96-75(115)39-9-7-11-43(20-39)131-86(89,90)91)125-53-17-14-38(23-47(53)88)71(128-59-29-85(4,93)74(114)34(3)123-59)64-82(122)102-76(116)45-26-42(104)27-51(106)60(45)44-21-36(12-15-50(44)105)61(79(119)101-64)99-80(120)62(40)98-78(118)49(28-58(92)107)97-81(63)121/h6-17,19-27,33-34,48-49,56-57,59,61-71,73-74,76,83-84,94-95,103-106,108-114,116H,18,28-32,93H2,1-5H3,(H2,92,107)(H,96,115)(H,97,121)(H,98,118)(H,99,120)(H,100,117)(H,101,119)(H,102,122)/t34-,48+,49-,56+,57+,59-,61-,62+,63?,64-,65+,66-,67-,68+,69+,70+,71+,73+,74-,76-,83-,84-,85-/m0/s1. The van der Waals surface area contributed by atoms with E-state index in [0.29, 0.717) is 5.56 Å². The van der Waals surface area contributed by atoms with E-state index >= 15 is 24.0 Å². The number of nitrogens with two attached hydrogens (primary N) is 2. The van der Waals surface area contributed by atoms with Crippen molar-refractivity contribution in [1.82, 2.24) is 42.5 Å². The van der Waals surface area contributed by atoms with Gasteiger partial charge in [0, 0.05) is 59.1 Å². The molecule has 7 aromatic carbocycles. The summed E-state index contributed by atoms with van der Waals surface area (Å²) in [6.45, 7) is 4.98. The molecule has 0 radical (unpaired) electrons. The van der Waals surface area contributed by atoms with E-state index in [2.05, 4.69) is 52.6 Å². The number of nitrogens with one attached hydrogen (secondary N) is 9. The molecule has 11 bridgehead atoms. The Morgan fingerprint density at radius 2 is 1.30 bits per heavy atom. The number of rotatable bonds is 21. The summed E-state index contributed by atoms with van der Waals surface area (Å²) >= 11 is 14.5. The van der Waals surface area contributed by atoms with Crippen LogP contribution in [0.3, 0.4) is 0 Å². The van der Waals surface area contributed by atoms with Crippen LogP contribution in [0.2, 0.25) is 10.0 Å². The molecule has 0 aromatic heterocycles. The van der Waals surface area contributed by atoms with Gasteiger partial charge in [-0.2, -0.15) is 0 Å². The number of halogens is 5. The van der Waals surface area contributed by atoms with E-state index in [1.165, 1.54) is 57.3 Å². The van der Waals surface area contributed by atoms with Crippen LogP contribution < -0.4 is 78.3 Å². The van der Waals surface area contributed by atoms with Gasteiger partial charge in [0.1, 0.15) is 126 Å². The number of fused-ring (bicyclic) bond motifs is 15. The van der Waals surface area contributed by atoms with Crippen molar-refractivity contribution in [2.75, 3.05) is 25.5 Å². The molecule has 131 heavy (non-hydrogen) atoms. The van der Waals surface area contributed by atoms with Crippen LogP contribution in [0.4, 0.5) is 18.9 Å². The molecule has 0 spiro atoms. The Morgan fingerprint density at radius 1 is 0.656 bits per heavy atom. The van der Waals surface area contributed by atoms with Crippen LogP contribution in [-0.2, 0) is 63.8 Å². The SMILES string of the molecule is CN[C@H](CC(C)C)C(=O)NC1C(=O)N[C@@H](CC(N)=O)C(=O)N[C@H]2C(=O)N[C@@H]3C(=O)N[C@H](C(=O)N[C@@H](O)c4cc(O)cc(O)c4-c4cc3ccc4O)[C@H](O[C@H]3C[C@](C)(N)[C@@H](O)[C@H](C)O3)c3ccc(c(Cl)c3)Oc3cc2cc(c3O[C@@H]2O[C@H](CO)[C@@H](O[C@@H]3O[C@H](CNCc4cccc(NC(=O)c5cccc(OC(F)(F)F)c5)c4)[C@H](O)[C@H](O)[C@H]3O)[C@H](O)[C@H]2O)Oc2ccc(cc2Cl)[C@H]1O. The minimum atomic E-state index is -5.03. The Bertz CT molecular complexity index is 5460. The van der Waals surface area contributed by atoms with Crippen molar-refractivity contribution >= 4 is 76.1 Å². The fraction of sp³-hybridized carbons (Fsp3) is 0.419. The van der Waals surface area contributed by atoms with Crippen LogP contribution in [0.1, 0.15) is 121 Å². The first-order valence-corrected chi connectivity index (χ1v) is 41.8. The van der Waals surface area contributed by atoms with Crippen LogP contribution in [0, 0.1) is 5.92 Å². The summed E-state index contributed by atoms with van der Waals surface area (Å²) in [5, 5.41) is 163. The fourth-order valence-corrected chi connectivity index (χ4v) is 16.4. The third-order valence-electron chi connectivity index (χ3n) is 22.6. The Balaban J connectivity index is 0.919. The quantitative estimate of drug-likeness (QED) is 0.0487. The second-order valence-electron chi connectivity index (χ2n) is 32.8. The van der Waals surface area contributed by atoms with Gasteiger partial charge in [-0.1, -0.05) is 73.4 Å². The van der Waals surface area contributed by atoms with Gasteiger partial charge in [-0.25, -0.2) is 0 Å². The molecule has 8 aliphatic rings. The minimum absolute atomic E-state index is 0.0487. The highest BCUT2D eigenvalue weighted by Crippen LogP contribution is 2.50. The lowest BCUT2D eigenvalue weighted by Crippen LogP contribution is -2.65. The number of aliphatic hydroxyl groups is 9. The van der Waals surface area contributed by atoms with Gasteiger partial charge in [0.15, 0.2) is 30.3 Å². The normalized spacial score (nSPS) is 29.0. The van der Waals surface area contributed by atoms with E-state index in [-0.39, 0.29) is 59.8 Å². The van der Waals surface area contributed by atoms with Gasteiger partial charge < -0.3 is 163 Å². The average Bonchev–Trinajstić information content (AvgIpc) is 0.766. The Morgan fingerprint density at radius 3 is 1.95 bits per heavy atom. The number of anilines is 1. The monoisotopic (exact) mass is 1870 g/mol. The van der Waals surface area contributed by atoms with E-state index in [9.17, 15) is 88.8 Å². The van der Waals surface area contributed by atoms with E-state index in [0.717, 1.165) is 78.9 Å². The number of likely N-dealkylation sites (N-methyl/N-ethyl adjacent to an activating group) is 1. The largest absolute Gasteiger partial charge is 0.573 e. The van der Waals surface area contributed by atoms with E-state index in [1.54, 1.807) is 26.0 Å². The highest BCUT2D eigenvalue weighted by Gasteiger charge is 2.53. The molecule has 8 heterocycles. The number of phenolic OH excluding ortho intramolecular Hbond substituents is 3. The summed E-state index contributed by atoms with van der Waals surface area (Å²) in [5.74, 6) is -16.0. The molecule has 8 amide bonds. The molecular formula is C86H96Cl2F3N11O29. The molecule has 1 unspecified atom stereocenters. The summed E-state index contributed by atoms with van der Waals surface area (Å²) in [5.41, 5.74) is 8.82. The number of aromatic hydroxyl groups is 3. The Hall–Kier alpha value is -11.4. The molecule has 15 rings (SSSR count). The van der Waals surface area contributed by atoms with Crippen molar-refractivity contribution in [3.05, 3.63) is 176 Å². The first kappa shape index (κ1) is 97.1. The van der Waals surface area contributed by atoms with Crippen LogP contribution in [0.15, 0.2) is 127 Å². The Labute approximate surface area is 752 Å². The lowest BCUT2D eigenvalue weighted by atomic mass is 9.86. The predicted molar refractivity (Wildman–Crippen MR) is 449 cm³/mol. The maximum atomic E-state index is 16.4. The fourth-order valence-electron chi connectivity index (χ4n) is 15.9. The van der Waals surface area contributed by atoms with Gasteiger partial charge in [0.05, 0.1) is 41.3 Å². The van der Waals surface area contributed by atoms with Crippen molar-refractivity contribution < 1.29 is 155 Å². The van der Waals surface area contributed by atoms with E-state index < -0.39 is 291 Å². The lowest BCUT2D eigenvalue weighted by Gasteiger charge is -2.46. The third-order valence-corrected chi connectivity index (χ3v) is 23.2. The number of alkyl halides is 3. The van der Waals surface area contributed by atoms with Gasteiger partial charge in [-0.15, -0.1) is 13.2 Å². The second-order valence-corrected chi connectivity index (χ2v) is 33.6. The number of phenols is 3. The Kier molecular flexibility index (Phi) is 29.9. The van der Waals surface area contributed by atoms with E-state index in [1.807, 2.05) is 0 Å². The summed E-state index contributed by atoms with van der Waals surface area (Å²) < 4.78 is 94.0. The number of hydrogen-bond acceptors (Lipinski definition) is 32. The predicted octanol–water partition coefficient (Wildman–Crippen LogP) is 1.74. The lowest BCUT2D eigenvalue weighted by molar-refractivity contribution is -0.350. The molecule has 0 aliphatic carbocycles. The average molecular weight is 1880 g/mol. The van der Waals surface area contributed by atoms with Crippen molar-refractivity contribution in [1.29, 1.82) is 0 Å². The first-order valence-electron chi connectivity index (χ1n) is 41.0. The molecule has 25 N–H and O–H groups in total. The van der Waals surface area contributed by atoms with Crippen molar-refractivity contribution in [2.24, 2.45) is 17.4 Å². The second kappa shape index (κ2) is 40.4. The smallest absolute Gasteiger partial charge is 0.508 e. The molecule has 23 atom stereocenters. The van der Waals surface area contributed by atoms with Crippen molar-refractivity contribution in [2.45, 2.75) is 200 Å². The number of carbonyl (C=O) groups is 8. The van der Waals surface area contributed by atoms with Crippen molar-refractivity contribution in [3.63, 3.8) is 0 Å². The number of hydrogen-bond donors (Lipinski definition) is 23. The number of aliphatic hydroxyl groups excluding tert-OH is 9. The molecule has 45 heteroatoms. The molecule has 3 fully saturated rings. The molecule has 0 saturated carbocycles. The maximum absolute atomic E-state index is 16.4. The van der Waals surface area contributed by atoms with Crippen LogP contribution in [0.25, 0.3) is 11.1 Å². The number of carbonyl (C=O) groups excluding carboxylic acids is 8. The highest BCUT2D eigenvalue weighted by molar-refractivity contribution is 6.32. The van der Waals surface area contributed by atoms with E-state index in [4.69, 9.17) is 72.6 Å². The summed E-state index contributed by atoms with van der Waals surface area (Å²) in [7, 11) is 1.45. The molecule has 40 nitrogen and oxygen atoms in total. The summed E-state index contributed by atoms with van der Waals surface area (Å²) in [4.78, 5) is 119. The molecular weight excluding hydrogens is 1780 g/mol. The van der Waals surface area contributed by atoms with Crippen LogP contribution >= 0.6 is 23.2 Å². The zero-order chi connectivity index (χ0) is 94.8.